The lowest BCUT2D eigenvalue weighted by molar-refractivity contribution is 1.13. The Morgan fingerprint density at radius 2 is 2.22 bits per heavy atom. The summed E-state index contributed by atoms with van der Waals surface area (Å²) in [6.07, 6.45) is 2.03. The van der Waals surface area contributed by atoms with Gasteiger partial charge in [-0.2, -0.15) is 0 Å². The third kappa shape index (κ3) is 7.97. The molecule has 5 heteroatoms. The van der Waals surface area contributed by atoms with Crippen LogP contribution in [0.3, 0.4) is 0 Å². The van der Waals surface area contributed by atoms with Crippen LogP contribution in [0.5, 0.6) is 0 Å². The van der Waals surface area contributed by atoms with Crippen LogP contribution in [-0.4, -0.2) is 24.5 Å². The number of hydrogen-bond acceptors (Lipinski definition) is 3. The largest absolute Gasteiger partial charge is 0.370 e. The predicted octanol–water partition coefficient (Wildman–Crippen LogP) is 0.271. The van der Waals surface area contributed by atoms with E-state index in [1.807, 2.05) is 6.26 Å². The van der Waals surface area contributed by atoms with E-state index in [-0.39, 0.29) is 5.96 Å². The molecule has 3 nitrogen and oxygen atoms in total. The van der Waals surface area contributed by atoms with E-state index in [9.17, 15) is 0 Å². The number of nitrogens with two attached hydrogens (primary N) is 2. The average molecular weight is 165 g/mol. The van der Waals surface area contributed by atoms with Crippen molar-refractivity contribution in [3.63, 3.8) is 0 Å². The van der Waals surface area contributed by atoms with Crippen LogP contribution in [0.4, 0.5) is 0 Å². The average Bonchev–Trinajstić information content (AvgIpc) is 1.80. The van der Waals surface area contributed by atoms with E-state index in [1.54, 1.807) is 21.6 Å². The van der Waals surface area contributed by atoms with E-state index >= 15 is 0 Å². The quantitative estimate of drug-likeness (QED) is 0.272. The van der Waals surface area contributed by atoms with E-state index in [4.69, 9.17) is 11.5 Å². The first-order chi connectivity index (χ1) is 4.27. The number of guanidine groups is 1. The molecule has 0 radical (unpaired) electrons. The molecule has 0 saturated carbocycles. The Kier molecular flexibility index (Phi) is 6.08. The molecular formula is C4H11N3S2. The van der Waals surface area contributed by atoms with Gasteiger partial charge in [0.2, 0.25) is 0 Å². The van der Waals surface area contributed by atoms with Crippen molar-refractivity contribution in [3.8, 4) is 0 Å². The summed E-state index contributed by atoms with van der Waals surface area (Å²) in [5.74, 6) is 1.15. The van der Waals surface area contributed by atoms with Gasteiger partial charge in [-0.25, -0.2) is 0 Å². The minimum atomic E-state index is 0.178. The molecular weight excluding hydrogens is 154 g/mol. The van der Waals surface area contributed by atoms with Gasteiger partial charge in [0.15, 0.2) is 5.96 Å². The van der Waals surface area contributed by atoms with Gasteiger partial charge in [-0.15, -0.1) is 0 Å². The Morgan fingerprint density at radius 1 is 1.56 bits per heavy atom. The van der Waals surface area contributed by atoms with Crippen molar-refractivity contribution in [1.29, 1.82) is 0 Å². The van der Waals surface area contributed by atoms with Crippen molar-refractivity contribution in [2.24, 2.45) is 16.5 Å². The summed E-state index contributed by atoms with van der Waals surface area (Å²) < 4.78 is 0. The summed E-state index contributed by atoms with van der Waals surface area (Å²) in [7, 11) is 3.47. The summed E-state index contributed by atoms with van der Waals surface area (Å²) in [5, 5.41) is 0. The lowest BCUT2D eigenvalue weighted by Gasteiger charge is -1.92. The Morgan fingerprint density at radius 3 is 2.67 bits per heavy atom. The third-order valence-corrected chi connectivity index (χ3v) is 2.38. The molecule has 0 saturated heterocycles. The maximum atomic E-state index is 5.09. The number of aliphatic imine (C=N–C) groups is 1. The molecule has 0 atom stereocenters. The zero-order valence-corrected chi connectivity index (χ0v) is 6.97. The van der Waals surface area contributed by atoms with Crippen LogP contribution in [0.2, 0.25) is 0 Å². The molecule has 0 aliphatic rings. The lowest BCUT2D eigenvalue weighted by Crippen LogP contribution is -2.23. The van der Waals surface area contributed by atoms with Crippen molar-refractivity contribution < 1.29 is 0 Å². The molecule has 0 bridgehead atoms. The topological polar surface area (TPSA) is 64.4 Å². The van der Waals surface area contributed by atoms with Crippen molar-refractivity contribution in [1.82, 2.24) is 0 Å². The minimum absolute atomic E-state index is 0.178. The Balaban J connectivity index is 3.00. The third-order valence-electron chi connectivity index (χ3n) is 0.587. The molecule has 4 N–H and O–H groups in total. The predicted molar refractivity (Wildman–Crippen MR) is 46.6 cm³/mol. The highest BCUT2D eigenvalue weighted by atomic mass is 33.1. The molecule has 0 aliphatic carbocycles. The minimum Gasteiger partial charge on any atom is -0.370 e. The number of hydrogen-bond donors (Lipinski definition) is 2. The maximum absolute atomic E-state index is 5.09. The summed E-state index contributed by atoms with van der Waals surface area (Å²) in [6.45, 7) is 0.716. The first-order valence-corrected chi connectivity index (χ1v) is 5.21. The van der Waals surface area contributed by atoms with Crippen LogP contribution in [0, 0.1) is 0 Å². The van der Waals surface area contributed by atoms with Gasteiger partial charge in [0, 0.05) is 5.75 Å². The molecule has 54 valence electrons. The summed E-state index contributed by atoms with van der Waals surface area (Å²) >= 11 is 0. The lowest BCUT2D eigenvalue weighted by atomic mass is 10.8. The molecule has 9 heavy (non-hydrogen) atoms. The second kappa shape index (κ2) is 6.10. The molecule has 0 unspecified atom stereocenters. The molecule has 0 aromatic rings. The molecule has 0 aliphatic heterocycles. The van der Waals surface area contributed by atoms with Gasteiger partial charge < -0.3 is 11.5 Å². The van der Waals surface area contributed by atoms with Crippen LogP contribution in [0.15, 0.2) is 4.99 Å². The van der Waals surface area contributed by atoms with E-state index in [0.29, 0.717) is 6.54 Å². The van der Waals surface area contributed by atoms with Crippen molar-refractivity contribution in [3.05, 3.63) is 0 Å². The Hall–Kier alpha value is -0.0300. The second-order valence-corrected chi connectivity index (χ2v) is 3.98. The van der Waals surface area contributed by atoms with Gasteiger partial charge in [0.1, 0.15) is 0 Å². The van der Waals surface area contributed by atoms with Gasteiger partial charge in [-0.3, -0.25) is 4.99 Å². The molecule has 0 aromatic carbocycles. The van der Waals surface area contributed by atoms with Gasteiger partial charge in [0.25, 0.3) is 0 Å². The molecule has 0 aromatic heterocycles. The summed E-state index contributed by atoms with van der Waals surface area (Å²) in [5.41, 5.74) is 10.2. The van der Waals surface area contributed by atoms with E-state index in [1.165, 1.54) is 0 Å². The highest BCUT2D eigenvalue weighted by molar-refractivity contribution is 8.76. The zero-order valence-electron chi connectivity index (χ0n) is 5.33. The smallest absolute Gasteiger partial charge is 0.185 e. The van der Waals surface area contributed by atoms with Crippen LogP contribution in [-0.2, 0) is 0 Å². The summed E-state index contributed by atoms with van der Waals surface area (Å²) in [6, 6.07) is 0. The SMILES string of the molecule is CSSCCN=C(N)N. The van der Waals surface area contributed by atoms with Crippen molar-refractivity contribution >= 4 is 27.5 Å². The van der Waals surface area contributed by atoms with E-state index in [0.717, 1.165) is 5.75 Å². The first kappa shape index (κ1) is 8.97. The Bertz CT molecular complexity index is 89.8. The normalized spacial score (nSPS) is 9.00. The second-order valence-electron chi connectivity index (χ2n) is 1.30. The van der Waals surface area contributed by atoms with Gasteiger partial charge in [0.05, 0.1) is 6.54 Å². The molecule has 0 heterocycles. The number of nitrogens with zero attached hydrogens (tertiary/aromatic N) is 1. The van der Waals surface area contributed by atoms with Crippen LogP contribution < -0.4 is 11.5 Å². The highest BCUT2D eigenvalue weighted by Crippen LogP contribution is 2.15. The first-order valence-electron chi connectivity index (χ1n) is 2.48. The zero-order chi connectivity index (χ0) is 7.11. The fraction of sp³-hybridized carbons (Fsp3) is 0.750. The van der Waals surface area contributed by atoms with E-state index < -0.39 is 0 Å². The van der Waals surface area contributed by atoms with Crippen molar-refractivity contribution in [2.75, 3.05) is 18.6 Å². The molecule has 0 rings (SSSR count). The molecule has 0 spiro atoms. The monoisotopic (exact) mass is 165 g/mol. The van der Waals surface area contributed by atoms with E-state index in [2.05, 4.69) is 4.99 Å². The maximum Gasteiger partial charge on any atom is 0.185 e. The Labute approximate surface area is 63.1 Å². The van der Waals surface area contributed by atoms with Crippen LogP contribution >= 0.6 is 21.6 Å². The van der Waals surface area contributed by atoms with Gasteiger partial charge >= 0.3 is 0 Å². The van der Waals surface area contributed by atoms with Crippen LogP contribution in [0.1, 0.15) is 0 Å². The molecule has 0 amide bonds. The van der Waals surface area contributed by atoms with Crippen molar-refractivity contribution in [2.45, 2.75) is 0 Å². The van der Waals surface area contributed by atoms with Gasteiger partial charge in [-0.05, 0) is 6.26 Å². The summed E-state index contributed by atoms with van der Waals surface area (Å²) in [4.78, 5) is 3.80. The fourth-order valence-corrected chi connectivity index (χ4v) is 1.35. The standard InChI is InChI=1S/C4H11N3S2/c1-8-9-3-2-7-4(5)6/h2-3H2,1H3,(H4,5,6,7). The van der Waals surface area contributed by atoms with Gasteiger partial charge in [-0.1, -0.05) is 21.6 Å². The fourth-order valence-electron chi connectivity index (χ4n) is 0.295. The molecule has 0 fully saturated rings. The highest BCUT2D eigenvalue weighted by Gasteiger charge is 1.83. The number of rotatable bonds is 4. The van der Waals surface area contributed by atoms with Crippen LogP contribution in [0.25, 0.3) is 0 Å².